The number of rotatable bonds is 10. The molecule has 0 spiro atoms. The molecule has 5 rings (SSSR count). The Morgan fingerprint density at radius 1 is 0.750 bits per heavy atom. The number of methoxy groups -OCH3 is 1. The Bertz CT molecular complexity index is 1830. The van der Waals surface area contributed by atoms with E-state index in [4.69, 9.17) is 14.0 Å². The monoisotopic (exact) mass is 597 g/mol. The maximum atomic E-state index is 13.3. The lowest BCUT2D eigenvalue weighted by Gasteiger charge is -2.16. The minimum atomic E-state index is -4.09. The number of nitrogens with zero attached hydrogens (tertiary/aromatic N) is 1. The molecule has 0 aliphatic rings. The highest BCUT2D eigenvalue weighted by Crippen LogP contribution is 2.35. The number of anilines is 2. The van der Waals surface area contributed by atoms with Crippen LogP contribution in [0.15, 0.2) is 105 Å². The van der Waals surface area contributed by atoms with Gasteiger partial charge in [0.25, 0.3) is 20.0 Å². The summed E-state index contributed by atoms with van der Waals surface area (Å²) in [5, 5.41) is 3.83. The van der Waals surface area contributed by atoms with Crippen molar-refractivity contribution in [2.45, 2.75) is 16.0 Å². The van der Waals surface area contributed by atoms with Crippen molar-refractivity contribution in [2.24, 2.45) is 0 Å². The number of thiophene rings is 1. The van der Waals surface area contributed by atoms with E-state index in [0.29, 0.717) is 22.1 Å². The van der Waals surface area contributed by atoms with Crippen molar-refractivity contribution in [3.8, 4) is 27.8 Å². The van der Waals surface area contributed by atoms with Gasteiger partial charge in [0.2, 0.25) is 0 Å². The van der Waals surface area contributed by atoms with Crippen molar-refractivity contribution in [2.75, 3.05) is 16.6 Å². The second-order valence-corrected chi connectivity index (χ2v) is 13.2. The first-order valence-corrected chi connectivity index (χ1v) is 15.5. The SMILES string of the molecule is COc1ccc(Oc2ccc(NS(=O)(=O)c3ccc(-c4ccon4)s3)c(NS(=O)(=O)c3ccc(C)cc3)c2)cc1. The topological polar surface area (TPSA) is 137 Å². The lowest BCUT2D eigenvalue weighted by Crippen LogP contribution is -2.17. The summed E-state index contributed by atoms with van der Waals surface area (Å²) in [5.74, 6) is 1.39. The standard InChI is InChI=1S/C27H23N3O7S3/c1-18-3-10-22(11-4-18)39(31,32)30-25-17-21(37-20-7-5-19(35-2)6-8-20)9-12-23(25)29-40(33,34)27-14-13-26(38-27)24-15-16-36-28-24/h3-17,29-30H,1-2H3. The summed E-state index contributed by atoms with van der Waals surface area (Å²) in [6.45, 7) is 1.84. The quantitative estimate of drug-likeness (QED) is 0.197. The normalized spacial score (nSPS) is 11.7. The molecule has 0 radical (unpaired) electrons. The first-order chi connectivity index (χ1) is 19.1. The summed E-state index contributed by atoms with van der Waals surface area (Å²) >= 11 is 0.995. The van der Waals surface area contributed by atoms with Crippen LogP contribution in [0, 0.1) is 6.92 Å². The molecule has 2 N–H and O–H groups in total. The van der Waals surface area contributed by atoms with Crippen LogP contribution >= 0.6 is 11.3 Å². The van der Waals surface area contributed by atoms with Crippen molar-refractivity contribution >= 4 is 42.8 Å². The molecular formula is C27H23N3O7S3. The Morgan fingerprint density at radius 2 is 1.43 bits per heavy atom. The van der Waals surface area contributed by atoms with E-state index < -0.39 is 20.0 Å². The van der Waals surface area contributed by atoms with Crippen molar-refractivity contribution < 1.29 is 30.8 Å². The zero-order chi connectivity index (χ0) is 28.3. The van der Waals surface area contributed by atoms with Gasteiger partial charge in [-0.05, 0) is 67.6 Å². The van der Waals surface area contributed by atoms with Crippen molar-refractivity contribution in [3.05, 3.63) is 96.8 Å². The first-order valence-electron chi connectivity index (χ1n) is 11.7. The van der Waals surface area contributed by atoms with Crippen LogP contribution in [-0.4, -0.2) is 29.1 Å². The molecule has 0 saturated carbocycles. The van der Waals surface area contributed by atoms with Crippen LogP contribution in [0.4, 0.5) is 11.4 Å². The number of nitrogens with one attached hydrogen (secondary N) is 2. The van der Waals surface area contributed by atoms with Crippen molar-refractivity contribution in [1.82, 2.24) is 5.16 Å². The fraction of sp³-hybridized carbons (Fsp3) is 0.0741. The molecule has 0 unspecified atom stereocenters. The van der Waals surface area contributed by atoms with Crippen LogP contribution in [-0.2, 0) is 20.0 Å². The maximum Gasteiger partial charge on any atom is 0.271 e. The van der Waals surface area contributed by atoms with E-state index in [1.807, 2.05) is 6.92 Å². The van der Waals surface area contributed by atoms with E-state index in [0.717, 1.165) is 16.9 Å². The van der Waals surface area contributed by atoms with Gasteiger partial charge in [0.1, 0.15) is 33.4 Å². The molecule has 0 fully saturated rings. The van der Waals surface area contributed by atoms with Gasteiger partial charge >= 0.3 is 0 Å². The molecule has 206 valence electrons. The third kappa shape index (κ3) is 6.11. The molecule has 0 bridgehead atoms. The summed E-state index contributed by atoms with van der Waals surface area (Å²) in [7, 11) is -6.61. The van der Waals surface area contributed by atoms with E-state index in [-0.39, 0.29) is 26.2 Å². The lowest BCUT2D eigenvalue weighted by atomic mass is 10.2. The first kappa shape index (κ1) is 27.2. The smallest absolute Gasteiger partial charge is 0.271 e. The molecular weight excluding hydrogens is 575 g/mol. The fourth-order valence-corrected chi connectivity index (χ4v) is 7.02. The van der Waals surface area contributed by atoms with Gasteiger partial charge in [0.05, 0.1) is 28.3 Å². The highest BCUT2D eigenvalue weighted by Gasteiger charge is 2.23. The lowest BCUT2D eigenvalue weighted by molar-refractivity contribution is 0.413. The number of aryl methyl sites for hydroxylation is 1. The Balaban J connectivity index is 1.48. The largest absolute Gasteiger partial charge is 0.497 e. The molecule has 13 heteroatoms. The zero-order valence-corrected chi connectivity index (χ0v) is 23.6. The van der Waals surface area contributed by atoms with Gasteiger partial charge in [0, 0.05) is 12.1 Å². The number of aromatic nitrogens is 1. The molecule has 0 saturated heterocycles. The predicted molar refractivity (Wildman–Crippen MR) is 152 cm³/mol. The third-order valence-corrected chi connectivity index (χ3v) is 9.99. The Morgan fingerprint density at radius 3 is 2.10 bits per heavy atom. The second-order valence-electron chi connectivity index (χ2n) is 8.51. The van der Waals surface area contributed by atoms with Crippen molar-refractivity contribution in [3.63, 3.8) is 0 Å². The van der Waals surface area contributed by atoms with E-state index >= 15 is 0 Å². The predicted octanol–water partition coefficient (Wildman–Crippen LogP) is 6.11. The number of ether oxygens (including phenoxy) is 2. The minimum Gasteiger partial charge on any atom is -0.497 e. The Hall–Kier alpha value is -4.33. The number of benzene rings is 3. The van der Waals surface area contributed by atoms with Gasteiger partial charge in [-0.1, -0.05) is 22.9 Å². The van der Waals surface area contributed by atoms with E-state index in [2.05, 4.69) is 14.6 Å². The molecule has 3 aromatic carbocycles. The molecule has 2 aromatic heterocycles. The summed E-state index contributed by atoms with van der Waals surface area (Å²) in [4.78, 5) is 0.613. The Labute approximate surface area is 235 Å². The summed E-state index contributed by atoms with van der Waals surface area (Å²) in [6, 6.07) is 22.1. The minimum absolute atomic E-state index is 0.00848. The molecule has 0 amide bonds. The van der Waals surface area contributed by atoms with Crippen molar-refractivity contribution in [1.29, 1.82) is 0 Å². The van der Waals surface area contributed by atoms with Gasteiger partial charge in [-0.15, -0.1) is 11.3 Å². The summed E-state index contributed by atoms with van der Waals surface area (Å²) in [5.41, 5.74) is 1.37. The summed E-state index contributed by atoms with van der Waals surface area (Å²) in [6.07, 6.45) is 1.39. The van der Waals surface area contributed by atoms with Crippen LogP contribution in [0.3, 0.4) is 0 Å². The zero-order valence-electron chi connectivity index (χ0n) is 21.2. The molecule has 40 heavy (non-hydrogen) atoms. The summed E-state index contributed by atoms with van der Waals surface area (Å²) < 4.78 is 73.9. The van der Waals surface area contributed by atoms with Crippen LogP contribution in [0.5, 0.6) is 17.2 Å². The highest BCUT2D eigenvalue weighted by molar-refractivity contribution is 7.95. The van der Waals surface area contributed by atoms with Gasteiger partial charge in [-0.2, -0.15) is 0 Å². The molecule has 10 nitrogen and oxygen atoms in total. The van der Waals surface area contributed by atoms with E-state index in [1.54, 1.807) is 55.6 Å². The molecule has 0 aliphatic heterocycles. The number of hydrogen-bond acceptors (Lipinski definition) is 9. The van der Waals surface area contributed by atoms with E-state index in [9.17, 15) is 16.8 Å². The number of sulfonamides is 2. The van der Waals surface area contributed by atoms with Crippen LogP contribution in [0.25, 0.3) is 10.6 Å². The van der Waals surface area contributed by atoms with Gasteiger partial charge < -0.3 is 14.0 Å². The molecule has 0 aliphatic carbocycles. The average molecular weight is 598 g/mol. The van der Waals surface area contributed by atoms with Crippen LogP contribution in [0.2, 0.25) is 0 Å². The van der Waals surface area contributed by atoms with Gasteiger partial charge in [-0.3, -0.25) is 9.44 Å². The second kappa shape index (κ2) is 11.0. The van der Waals surface area contributed by atoms with Gasteiger partial charge in [0.15, 0.2) is 0 Å². The van der Waals surface area contributed by atoms with Crippen LogP contribution in [0.1, 0.15) is 5.56 Å². The third-order valence-electron chi connectivity index (χ3n) is 5.64. The van der Waals surface area contributed by atoms with Gasteiger partial charge in [-0.25, -0.2) is 16.8 Å². The Kier molecular flexibility index (Phi) is 7.52. The molecule has 2 heterocycles. The average Bonchev–Trinajstić information content (AvgIpc) is 3.64. The maximum absolute atomic E-state index is 13.3. The molecule has 5 aromatic rings. The number of hydrogen-bond donors (Lipinski definition) is 2. The van der Waals surface area contributed by atoms with Crippen LogP contribution < -0.4 is 18.9 Å². The highest BCUT2D eigenvalue weighted by atomic mass is 32.2. The van der Waals surface area contributed by atoms with E-state index in [1.165, 1.54) is 42.7 Å². The molecule has 0 atom stereocenters. The fourth-order valence-electron chi connectivity index (χ4n) is 3.60.